The van der Waals surface area contributed by atoms with Crippen LogP contribution in [0.2, 0.25) is 5.02 Å². The van der Waals surface area contributed by atoms with Gasteiger partial charge in [-0.25, -0.2) is 4.99 Å². The van der Waals surface area contributed by atoms with Gasteiger partial charge in [-0.3, -0.25) is 14.9 Å². The molecule has 36 heavy (non-hydrogen) atoms. The maximum absolute atomic E-state index is 13.2. The van der Waals surface area contributed by atoms with Gasteiger partial charge in [-0.15, -0.1) is 0 Å². The highest BCUT2D eigenvalue weighted by molar-refractivity contribution is 6.31. The zero-order valence-corrected chi connectivity index (χ0v) is 20.1. The molecule has 13 heteroatoms. The van der Waals surface area contributed by atoms with Gasteiger partial charge in [0.15, 0.2) is 0 Å². The average Bonchev–Trinajstić information content (AvgIpc) is 3.24. The Hall–Kier alpha value is -3.77. The minimum Gasteiger partial charge on any atom is -0.434 e. The number of halogens is 3. The van der Waals surface area contributed by atoms with Gasteiger partial charge in [0.05, 0.1) is 11.7 Å². The number of aliphatic imine (C=N–C) groups is 1. The monoisotopic (exact) mass is 518 g/mol. The lowest BCUT2D eigenvalue weighted by molar-refractivity contribution is -0.112. The van der Waals surface area contributed by atoms with Gasteiger partial charge in [0.25, 0.3) is 5.91 Å². The lowest BCUT2D eigenvalue weighted by Crippen LogP contribution is -2.31. The number of nitrogens with zero attached hydrogens (tertiary/aromatic N) is 4. The summed E-state index contributed by atoms with van der Waals surface area (Å²) in [5.41, 5.74) is 6.08. The van der Waals surface area contributed by atoms with Crippen LogP contribution in [-0.2, 0) is 4.79 Å². The third-order valence-corrected chi connectivity index (χ3v) is 6.03. The number of amides is 1. The number of aromatic nitrogens is 2. The van der Waals surface area contributed by atoms with Gasteiger partial charge in [0.2, 0.25) is 0 Å². The molecule has 3 heterocycles. The summed E-state index contributed by atoms with van der Waals surface area (Å²) in [6.07, 6.45) is 7.87. The minimum atomic E-state index is -3.07. The van der Waals surface area contributed by atoms with Crippen molar-refractivity contribution in [2.45, 2.75) is 25.5 Å². The van der Waals surface area contributed by atoms with Gasteiger partial charge < -0.3 is 26.0 Å². The van der Waals surface area contributed by atoms with Crippen molar-refractivity contribution in [2.75, 3.05) is 25.5 Å². The molecule has 0 radical (unpaired) electrons. The highest BCUT2D eigenvalue weighted by Gasteiger charge is 2.26. The van der Waals surface area contributed by atoms with Crippen LogP contribution < -0.4 is 21.1 Å². The molecule has 0 aliphatic carbocycles. The van der Waals surface area contributed by atoms with Gasteiger partial charge in [-0.1, -0.05) is 11.6 Å². The van der Waals surface area contributed by atoms with E-state index < -0.39 is 18.4 Å². The normalized spacial score (nSPS) is 17.7. The summed E-state index contributed by atoms with van der Waals surface area (Å²) in [7, 11) is 2.03. The van der Waals surface area contributed by atoms with E-state index >= 15 is 0 Å². The minimum absolute atomic E-state index is 0.0321. The number of nitrogens with two attached hydrogens (primary N) is 1. The number of anilines is 1. The molecule has 0 unspecified atom stereocenters. The Morgan fingerprint density at radius 1 is 1.36 bits per heavy atom. The van der Waals surface area contributed by atoms with E-state index in [0.717, 1.165) is 25.9 Å². The van der Waals surface area contributed by atoms with Crippen LogP contribution in [0.1, 0.15) is 18.9 Å². The van der Waals surface area contributed by atoms with Crippen LogP contribution in [0, 0.1) is 5.41 Å². The van der Waals surface area contributed by atoms with Crippen molar-refractivity contribution >= 4 is 35.2 Å². The van der Waals surface area contributed by atoms with Gasteiger partial charge >= 0.3 is 6.61 Å². The fourth-order valence-corrected chi connectivity index (χ4v) is 4.19. The summed E-state index contributed by atoms with van der Waals surface area (Å²) in [6.45, 7) is -1.36. The first-order valence-corrected chi connectivity index (χ1v) is 11.5. The predicted molar refractivity (Wildman–Crippen MR) is 133 cm³/mol. The smallest absolute Gasteiger partial charge is 0.387 e. The molecule has 4 rings (SSSR count). The van der Waals surface area contributed by atoms with Crippen molar-refractivity contribution in [3.05, 3.63) is 53.1 Å². The van der Waals surface area contributed by atoms with E-state index in [2.05, 4.69) is 25.6 Å². The molecule has 1 saturated heterocycles. The summed E-state index contributed by atoms with van der Waals surface area (Å²) >= 11 is 6.17. The Morgan fingerprint density at radius 3 is 2.75 bits per heavy atom. The number of rotatable bonds is 7. The number of amidine groups is 1. The molecule has 2 aromatic rings. The molecule has 0 bridgehead atoms. The SMILES string of the molecule is CN1CCC(n2cc(NC(=O)/C(C(=N)N)=C3\N=CC=CN3)c(-c3cc(Cl)ccc3OC(F)F)n2)CC1. The first-order chi connectivity index (χ1) is 17.2. The molecular formula is C23H25ClF2N8O2. The summed E-state index contributed by atoms with van der Waals surface area (Å²) in [5.74, 6) is -1.28. The van der Waals surface area contributed by atoms with E-state index in [0.29, 0.717) is 0 Å². The second-order valence-electron chi connectivity index (χ2n) is 8.30. The van der Waals surface area contributed by atoms with Crippen molar-refractivity contribution in [1.82, 2.24) is 20.0 Å². The standard InChI is InChI=1S/C23H25ClF2N8O2/c1-33-9-5-14(6-10-33)34-12-16(31-22(35)18(20(27)28)21-29-7-2-8-30-21)19(32-34)15-11-13(24)3-4-17(15)36-23(25)26/h2-4,7-8,11-12,14,23,29H,5-6,9-10H2,1H3,(H3,27,28)(H,31,35)/b21-18-. The number of piperidine rings is 1. The first kappa shape index (κ1) is 25.3. The number of hydrogen-bond donors (Lipinski definition) is 4. The fourth-order valence-electron chi connectivity index (χ4n) is 4.02. The third kappa shape index (κ3) is 5.71. The summed E-state index contributed by atoms with van der Waals surface area (Å²) < 4.78 is 32.7. The quantitative estimate of drug-likeness (QED) is 0.252. The van der Waals surface area contributed by atoms with Crippen LogP contribution >= 0.6 is 11.6 Å². The number of ether oxygens (including phenoxy) is 1. The molecule has 1 fully saturated rings. The molecule has 1 aromatic heterocycles. The number of likely N-dealkylation sites (tertiary alicyclic amines) is 1. The zero-order chi connectivity index (χ0) is 25.8. The highest BCUT2D eigenvalue weighted by atomic mass is 35.5. The van der Waals surface area contributed by atoms with E-state index in [1.165, 1.54) is 24.4 Å². The second-order valence-corrected chi connectivity index (χ2v) is 8.73. The summed E-state index contributed by atoms with van der Waals surface area (Å²) in [4.78, 5) is 19.5. The van der Waals surface area contributed by atoms with Crippen LogP contribution in [0.5, 0.6) is 5.75 Å². The number of hydrogen-bond acceptors (Lipinski definition) is 7. The molecule has 0 saturated carbocycles. The average molecular weight is 519 g/mol. The lowest BCUT2D eigenvalue weighted by Gasteiger charge is -2.29. The van der Waals surface area contributed by atoms with Gasteiger partial charge in [-0.05, 0) is 57.3 Å². The fraction of sp³-hybridized carbons (Fsp3) is 0.304. The van der Waals surface area contributed by atoms with E-state index in [1.54, 1.807) is 23.2 Å². The van der Waals surface area contributed by atoms with Crippen LogP contribution in [-0.4, -0.2) is 59.4 Å². The Kier molecular flexibility index (Phi) is 7.65. The molecule has 10 nitrogen and oxygen atoms in total. The van der Waals surface area contributed by atoms with Crippen molar-refractivity contribution in [3.63, 3.8) is 0 Å². The number of alkyl halides is 2. The first-order valence-electron chi connectivity index (χ1n) is 11.1. The summed E-state index contributed by atoms with van der Waals surface area (Å²) in [6, 6.07) is 4.22. The Labute approximate surface area is 211 Å². The Balaban J connectivity index is 1.77. The third-order valence-electron chi connectivity index (χ3n) is 5.79. The number of nitrogens with one attached hydrogen (secondary N) is 3. The maximum Gasteiger partial charge on any atom is 0.387 e. The van der Waals surface area contributed by atoms with Gasteiger partial charge in [0.1, 0.15) is 28.7 Å². The number of benzene rings is 1. The van der Waals surface area contributed by atoms with E-state index in [1.807, 2.05) is 7.05 Å². The Bertz CT molecular complexity index is 1250. The molecular weight excluding hydrogens is 494 g/mol. The molecule has 190 valence electrons. The van der Waals surface area contributed by atoms with Crippen LogP contribution in [0.15, 0.2) is 53.1 Å². The lowest BCUT2D eigenvalue weighted by atomic mass is 10.1. The molecule has 0 atom stereocenters. The largest absolute Gasteiger partial charge is 0.434 e. The van der Waals surface area contributed by atoms with Crippen molar-refractivity contribution < 1.29 is 18.3 Å². The molecule has 2 aliphatic rings. The van der Waals surface area contributed by atoms with E-state index in [9.17, 15) is 13.6 Å². The van der Waals surface area contributed by atoms with Crippen molar-refractivity contribution in [1.29, 1.82) is 5.41 Å². The van der Waals surface area contributed by atoms with E-state index in [-0.39, 0.29) is 45.2 Å². The number of allylic oxidation sites excluding steroid dienone is 1. The topological polar surface area (TPSA) is 134 Å². The molecule has 1 aromatic carbocycles. The van der Waals surface area contributed by atoms with Crippen molar-refractivity contribution in [2.24, 2.45) is 10.7 Å². The van der Waals surface area contributed by atoms with E-state index in [4.69, 9.17) is 27.5 Å². The molecule has 5 N–H and O–H groups in total. The predicted octanol–water partition coefficient (Wildman–Crippen LogP) is 3.35. The summed E-state index contributed by atoms with van der Waals surface area (Å²) in [5, 5.41) is 18.3. The molecule has 0 spiro atoms. The zero-order valence-electron chi connectivity index (χ0n) is 19.3. The second kappa shape index (κ2) is 10.9. The molecule has 1 amide bonds. The van der Waals surface area contributed by atoms with Crippen LogP contribution in [0.4, 0.5) is 14.5 Å². The number of carbonyl (C=O) groups is 1. The van der Waals surface area contributed by atoms with Crippen LogP contribution in [0.25, 0.3) is 11.3 Å². The van der Waals surface area contributed by atoms with Gasteiger partial charge in [0, 0.05) is 29.2 Å². The highest BCUT2D eigenvalue weighted by Crippen LogP contribution is 2.38. The number of carbonyl (C=O) groups excluding carboxylic acids is 1. The van der Waals surface area contributed by atoms with Crippen LogP contribution in [0.3, 0.4) is 0 Å². The Morgan fingerprint density at radius 2 is 2.11 bits per heavy atom. The maximum atomic E-state index is 13.2. The van der Waals surface area contributed by atoms with Crippen molar-refractivity contribution in [3.8, 4) is 17.0 Å². The molecule has 2 aliphatic heterocycles. The van der Waals surface area contributed by atoms with Gasteiger partial charge in [-0.2, -0.15) is 13.9 Å².